The molecule has 3 rings (SSSR count). The summed E-state index contributed by atoms with van der Waals surface area (Å²) in [5, 5.41) is 19.6. The van der Waals surface area contributed by atoms with Gasteiger partial charge in [-0.15, -0.1) is 21.5 Å². The number of carbonyl (C=O) groups excluding carboxylic acids is 1. The van der Waals surface area contributed by atoms with Crippen molar-refractivity contribution in [1.29, 1.82) is 0 Å². The van der Waals surface area contributed by atoms with E-state index < -0.39 is 0 Å². The topological polar surface area (TPSA) is 97.1 Å². The second-order valence-electron chi connectivity index (χ2n) is 7.15. The van der Waals surface area contributed by atoms with E-state index in [1.165, 1.54) is 16.2 Å². The molecular weight excluding hydrogens is 422 g/mol. The Hall–Kier alpha value is -2.10. The summed E-state index contributed by atoms with van der Waals surface area (Å²) in [6, 6.07) is 1.83. The number of unbranched alkanes of at least 4 members (excludes halogenated alkanes) is 1. The highest BCUT2D eigenvalue weighted by atomic mass is 35.5. The van der Waals surface area contributed by atoms with Crippen LogP contribution in [0.2, 0.25) is 0 Å². The van der Waals surface area contributed by atoms with Gasteiger partial charge in [-0.1, -0.05) is 13.3 Å². The molecule has 3 aromatic heterocycles. The number of anilines is 1. The Morgan fingerprint density at radius 2 is 1.93 bits per heavy atom. The lowest BCUT2D eigenvalue weighted by Gasteiger charge is -2.15. The van der Waals surface area contributed by atoms with Crippen LogP contribution in [0.5, 0.6) is 0 Å². The highest BCUT2D eigenvalue weighted by molar-refractivity contribution is 7.26. The van der Waals surface area contributed by atoms with Crippen LogP contribution in [0.3, 0.4) is 0 Å². The maximum atomic E-state index is 12.8. The van der Waals surface area contributed by atoms with Crippen LogP contribution in [-0.4, -0.2) is 59.0 Å². The fourth-order valence-electron chi connectivity index (χ4n) is 3.35. The number of aryl methyl sites for hydroxylation is 1. The molecule has 30 heavy (non-hydrogen) atoms. The molecule has 1 amide bonds. The van der Waals surface area contributed by atoms with E-state index in [1.54, 1.807) is 0 Å². The van der Waals surface area contributed by atoms with Crippen molar-refractivity contribution in [3.05, 3.63) is 17.3 Å². The maximum absolute atomic E-state index is 12.8. The molecular formula is C20H30ClN7OS. The van der Waals surface area contributed by atoms with E-state index in [0.29, 0.717) is 23.4 Å². The molecule has 3 heterocycles. The molecule has 0 fully saturated rings. The Balaban J connectivity index is 0.00000320. The molecule has 8 nitrogen and oxygen atoms in total. The van der Waals surface area contributed by atoms with Crippen molar-refractivity contribution in [2.24, 2.45) is 0 Å². The van der Waals surface area contributed by atoms with E-state index in [1.807, 2.05) is 13.0 Å². The smallest absolute Gasteiger partial charge is 0.252 e. The number of halogens is 1. The highest BCUT2D eigenvalue weighted by Crippen LogP contribution is 2.36. The first-order valence-electron chi connectivity index (χ1n) is 10.4. The maximum Gasteiger partial charge on any atom is 0.252 e. The molecule has 0 aliphatic carbocycles. The van der Waals surface area contributed by atoms with E-state index >= 15 is 0 Å². The fourth-order valence-corrected chi connectivity index (χ4v) is 4.49. The largest absolute Gasteiger partial charge is 1.00 e. The summed E-state index contributed by atoms with van der Waals surface area (Å²) in [5.41, 5.74) is 2.10. The number of thiophene rings is 1. The number of quaternary nitrogens is 1. The number of rotatable bonds is 10. The number of hydrogen-bond acceptors (Lipinski definition) is 7. The minimum Gasteiger partial charge on any atom is -1.00 e. The molecule has 0 unspecified atom stereocenters. The Kier molecular flexibility index (Phi) is 9.13. The molecule has 3 N–H and O–H groups in total. The summed E-state index contributed by atoms with van der Waals surface area (Å²) in [4.78, 5) is 19.8. The average Bonchev–Trinajstić information content (AvgIpc) is 3.09. The number of nitrogens with one attached hydrogen (secondary N) is 3. The molecule has 0 saturated carbocycles. The fraction of sp³-hybridized carbons (Fsp3) is 0.550. The number of pyridine rings is 1. The van der Waals surface area contributed by atoms with Crippen LogP contribution < -0.4 is 27.9 Å². The number of aromatic nitrogens is 4. The molecule has 3 aromatic rings. The molecule has 0 aromatic carbocycles. The first kappa shape index (κ1) is 24.2. The van der Waals surface area contributed by atoms with E-state index in [2.05, 4.69) is 51.8 Å². The van der Waals surface area contributed by atoms with Crippen LogP contribution in [0.25, 0.3) is 20.4 Å². The summed E-state index contributed by atoms with van der Waals surface area (Å²) < 4.78 is 0.894. The van der Waals surface area contributed by atoms with Gasteiger partial charge >= 0.3 is 0 Å². The zero-order valence-corrected chi connectivity index (χ0v) is 19.6. The third-order valence-corrected chi connectivity index (χ3v) is 6.18. The third kappa shape index (κ3) is 5.33. The monoisotopic (exact) mass is 451 g/mol. The Bertz CT molecular complexity index is 990. The molecule has 10 heteroatoms. The van der Waals surface area contributed by atoms with Gasteiger partial charge in [-0.25, -0.2) is 4.98 Å². The molecule has 164 valence electrons. The van der Waals surface area contributed by atoms with Crippen LogP contribution in [0.1, 0.15) is 49.7 Å². The summed E-state index contributed by atoms with van der Waals surface area (Å²) in [5.74, 6) is 0.617. The van der Waals surface area contributed by atoms with Crippen LogP contribution in [0.15, 0.2) is 6.07 Å². The van der Waals surface area contributed by atoms with E-state index in [9.17, 15) is 4.79 Å². The quantitative estimate of drug-likeness (QED) is 0.335. The summed E-state index contributed by atoms with van der Waals surface area (Å²) in [6.07, 6.45) is 1.99. The lowest BCUT2D eigenvalue weighted by Crippen LogP contribution is -3.12. The first-order valence-corrected chi connectivity index (χ1v) is 11.2. The Labute approximate surface area is 187 Å². The molecule has 0 spiro atoms. The Morgan fingerprint density at radius 3 is 2.63 bits per heavy atom. The second-order valence-corrected chi connectivity index (χ2v) is 8.15. The van der Waals surface area contributed by atoms with Gasteiger partial charge in [0.1, 0.15) is 15.0 Å². The number of likely N-dealkylation sites (N-methyl/N-ethyl adjacent to an activating group) is 1. The lowest BCUT2D eigenvalue weighted by atomic mass is 10.1. The van der Waals surface area contributed by atoms with Gasteiger partial charge < -0.3 is 27.9 Å². The van der Waals surface area contributed by atoms with Crippen LogP contribution in [0.4, 0.5) is 5.82 Å². The van der Waals surface area contributed by atoms with Crippen molar-refractivity contribution in [3.8, 4) is 0 Å². The molecule has 0 atom stereocenters. The number of fused-ring (bicyclic) bond motifs is 3. The van der Waals surface area contributed by atoms with Gasteiger partial charge in [0.05, 0.1) is 37.1 Å². The SMILES string of the molecule is CCCCNC(=O)c1cc(C)nc2sc3c(NCC[NH+](CC)CC)nnnc3c12.[Cl-]. The standard InChI is InChI=1S/C20H29N7OS.ClH/c1-5-8-9-22-19(28)14-12-13(4)23-20-15(14)16-17(29-20)18(25-26-24-16)21-10-11-27(6-2)7-3;/h12H,5-11H2,1-4H3,(H,22,28)(H,21,24,25);1H. The van der Waals surface area contributed by atoms with Crippen molar-refractivity contribution >= 4 is 43.5 Å². The first-order chi connectivity index (χ1) is 14.1. The van der Waals surface area contributed by atoms with Crippen molar-refractivity contribution < 1.29 is 22.1 Å². The summed E-state index contributed by atoms with van der Waals surface area (Å²) in [6.45, 7) is 13.0. The van der Waals surface area contributed by atoms with Crippen molar-refractivity contribution in [2.75, 3.05) is 38.0 Å². The van der Waals surface area contributed by atoms with E-state index in [4.69, 9.17) is 0 Å². The van der Waals surface area contributed by atoms with Crippen molar-refractivity contribution in [2.45, 2.75) is 40.5 Å². The predicted molar refractivity (Wildman–Crippen MR) is 118 cm³/mol. The van der Waals surface area contributed by atoms with E-state index in [0.717, 1.165) is 59.6 Å². The second kappa shape index (κ2) is 11.3. The van der Waals surface area contributed by atoms with Gasteiger partial charge in [0.15, 0.2) is 5.82 Å². The molecule has 0 aliphatic heterocycles. The lowest BCUT2D eigenvalue weighted by molar-refractivity contribution is -0.894. The van der Waals surface area contributed by atoms with Gasteiger partial charge in [0, 0.05) is 12.2 Å². The zero-order valence-electron chi connectivity index (χ0n) is 18.0. The number of nitrogens with zero attached hydrogens (tertiary/aromatic N) is 4. The molecule has 0 aliphatic rings. The number of hydrogen-bond donors (Lipinski definition) is 3. The normalized spacial score (nSPS) is 11.1. The molecule has 0 saturated heterocycles. The highest BCUT2D eigenvalue weighted by Gasteiger charge is 2.20. The Morgan fingerprint density at radius 1 is 1.17 bits per heavy atom. The third-order valence-electron chi connectivity index (χ3n) is 5.10. The minimum absolute atomic E-state index is 0. The van der Waals surface area contributed by atoms with Gasteiger partial charge in [0.2, 0.25) is 0 Å². The summed E-state index contributed by atoms with van der Waals surface area (Å²) >= 11 is 1.51. The van der Waals surface area contributed by atoms with Crippen molar-refractivity contribution in [1.82, 2.24) is 25.7 Å². The zero-order chi connectivity index (χ0) is 20.8. The van der Waals surface area contributed by atoms with E-state index in [-0.39, 0.29) is 18.3 Å². The van der Waals surface area contributed by atoms with Gasteiger partial charge in [-0.05, 0) is 38.5 Å². The van der Waals surface area contributed by atoms with Crippen molar-refractivity contribution in [3.63, 3.8) is 0 Å². The van der Waals surface area contributed by atoms with Gasteiger partial charge in [-0.2, -0.15) is 0 Å². The van der Waals surface area contributed by atoms with Gasteiger partial charge in [0.25, 0.3) is 5.91 Å². The van der Waals surface area contributed by atoms with Crippen LogP contribution in [0, 0.1) is 6.92 Å². The predicted octanol–water partition coefficient (Wildman–Crippen LogP) is -1.19. The average molecular weight is 452 g/mol. The van der Waals surface area contributed by atoms with Crippen LogP contribution in [-0.2, 0) is 0 Å². The number of amides is 1. The van der Waals surface area contributed by atoms with Crippen LogP contribution >= 0.6 is 11.3 Å². The minimum atomic E-state index is -0.0908. The number of carbonyl (C=O) groups is 1. The molecule has 0 radical (unpaired) electrons. The van der Waals surface area contributed by atoms with Gasteiger partial charge in [-0.3, -0.25) is 4.79 Å². The molecule has 0 bridgehead atoms. The summed E-state index contributed by atoms with van der Waals surface area (Å²) in [7, 11) is 0.